The third-order valence-electron chi connectivity index (χ3n) is 3.28. The number of amides is 1. The summed E-state index contributed by atoms with van der Waals surface area (Å²) in [6.45, 7) is 2.49. The Labute approximate surface area is 105 Å². The molecule has 2 unspecified atom stereocenters. The molecule has 98 valence electrons. The van der Waals surface area contributed by atoms with Gasteiger partial charge in [0.25, 0.3) is 0 Å². The van der Waals surface area contributed by atoms with Gasteiger partial charge in [-0.25, -0.2) is 0 Å². The molecule has 1 aromatic rings. The van der Waals surface area contributed by atoms with Gasteiger partial charge in [-0.3, -0.25) is 9.59 Å². The van der Waals surface area contributed by atoms with Gasteiger partial charge in [0.1, 0.15) is 17.9 Å². The fraction of sp³-hybridized carbons (Fsp3) is 0.538. The van der Waals surface area contributed by atoms with E-state index in [2.05, 4.69) is 6.92 Å². The summed E-state index contributed by atoms with van der Waals surface area (Å²) in [4.78, 5) is 23.3. The summed E-state index contributed by atoms with van der Waals surface area (Å²) in [5, 5.41) is 8.54. The number of aliphatic carboxylic acids is 1. The quantitative estimate of drug-likeness (QED) is 0.810. The summed E-state index contributed by atoms with van der Waals surface area (Å²) in [5.41, 5.74) is 0. The number of carbonyl (C=O) groups excluding carboxylic acids is 1. The molecule has 1 aliphatic rings. The first-order valence-electron chi connectivity index (χ1n) is 6.01. The van der Waals surface area contributed by atoms with Crippen LogP contribution in [-0.2, 0) is 16.1 Å². The summed E-state index contributed by atoms with van der Waals surface area (Å²) in [6, 6.07) is 3.80. The molecule has 1 fully saturated rings. The van der Waals surface area contributed by atoms with E-state index >= 15 is 0 Å². The number of hydrogen-bond donors (Lipinski definition) is 1. The molecule has 0 aliphatic heterocycles. The Bertz CT molecular complexity index is 465. The van der Waals surface area contributed by atoms with Crippen LogP contribution in [0, 0.1) is 5.92 Å². The average molecular weight is 251 g/mol. The van der Waals surface area contributed by atoms with E-state index in [1.807, 2.05) is 12.1 Å². The highest BCUT2D eigenvalue weighted by molar-refractivity contribution is 5.93. The highest BCUT2D eigenvalue weighted by atomic mass is 16.4. The van der Waals surface area contributed by atoms with Crippen molar-refractivity contribution >= 4 is 11.9 Å². The van der Waals surface area contributed by atoms with Crippen molar-refractivity contribution < 1.29 is 19.1 Å². The minimum Gasteiger partial charge on any atom is -0.481 e. The number of hydrogen-bond acceptors (Lipinski definition) is 3. The predicted octanol–water partition coefficient (Wildman–Crippen LogP) is 1.84. The van der Waals surface area contributed by atoms with Crippen molar-refractivity contribution in [3.05, 3.63) is 23.7 Å². The van der Waals surface area contributed by atoms with Gasteiger partial charge in [-0.05, 0) is 24.5 Å². The van der Waals surface area contributed by atoms with Crippen molar-refractivity contribution in [2.75, 3.05) is 7.05 Å². The number of rotatable bonds is 5. The first kappa shape index (κ1) is 12.7. The fourth-order valence-corrected chi connectivity index (χ4v) is 1.98. The second-order valence-electron chi connectivity index (χ2n) is 4.94. The molecule has 2 atom stereocenters. The first-order chi connectivity index (χ1) is 8.47. The van der Waals surface area contributed by atoms with Crippen molar-refractivity contribution in [3.8, 4) is 0 Å². The van der Waals surface area contributed by atoms with Crippen molar-refractivity contribution in [2.45, 2.75) is 32.2 Å². The van der Waals surface area contributed by atoms with Crippen LogP contribution in [0.15, 0.2) is 16.5 Å². The monoisotopic (exact) mass is 251 g/mol. The van der Waals surface area contributed by atoms with E-state index in [1.165, 1.54) is 4.90 Å². The lowest BCUT2D eigenvalue weighted by Gasteiger charge is -2.14. The van der Waals surface area contributed by atoms with Crippen LogP contribution in [0.2, 0.25) is 0 Å². The minimum absolute atomic E-state index is 0.313. The number of furan rings is 1. The van der Waals surface area contributed by atoms with Gasteiger partial charge in [-0.15, -0.1) is 0 Å². The molecule has 5 nitrogen and oxygen atoms in total. The second-order valence-corrected chi connectivity index (χ2v) is 4.94. The van der Waals surface area contributed by atoms with Gasteiger partial charge in [0.15, 0.2) is 0 Å². The van der Waals surface area contributed by atoms with Gasteiger partial charge < -0.3 is 14.4 Å². The van der Waals surface area contributed by atoms with Gasteiger partial charge in [-0.2, -0.15) is 0 Å². The highest BCUT2D eigenvalue weighted by Crippen LogP contribution is 2.47. The molecule has 0 saturated heterocycles. The minimum atomic E-state index is -1.11. The lowest BCUT2D eigenvalue weighted by Crippen LogP contribution is -2.27. The largest absolute Gasteiger partial charge is 0.481 e. The Balaban J connectivity index is 1.90. The molecule has 1 amide bonds. The number of carboxylic acids is 1. The maximum Gasteiger partial charge on any atom is 0.312 e. The lowest BCUT2D eigenvalue weighted by atomic mass is 10.3. The van der Waals surface area contributed by atoms with Gasteiger partial charge in [-0.1, -0.05) is 6.92 Å². The third kappa shape index (κ3) is 2.91. The van der Waals surface area contributed by atoms with E-state index in [4.69, 9.17) is 9.52 Å². The predicted molar refractivity (Wildman–Crippen MR) is 64.0 cm³/mol. The molecular formula is C13H17NO4. The van der Waals surface area contributed by atoms with Crippen LogP contribution in [0.3, 0.4) is 0 Å². The normalized spacial score (nSPS) is 21.7. The molecule has 1 heterocycles. The van der Waals surface area contributed by atoms with Gasteiger partial charge in [0.2, 0.25) is 5.91 Å². The van der Waals surface area contributed by atoms with Crippen LogP contribution in [0.4, 0.5) is 0 Å². The molecule has 0 radical (unpaired) electrons. The van der Waals surface area contributed by atoms with E-state index < -0.39 is 18.3 Å². The molecule has 1 N–H and O–H groups in total. The summed E-state index contributed by atoms with van der Waals surface area (Å²) < 4.78 is 5.66. The van der Waals surface area contributed by atoms with Gasteiger partial charge >= 0.3 is 5.97 Å². The van der Waals surface area contributed by atoms with Crippen LogP contribution in [0.1, 0.15) is 37.2 Å². The summed E-state index contributed by atoms with van der Waals surface area (Å²) in [5.74, 6) is 1.33. The van der Waals surface area contributed by atoms with Gasteiger partial charge in [0.05, 0.1) is 6.54 Å². The third-order valence-corrected chi connectivity index (χ3v) is 3.28. The van der Waals surface area contributed by atoms with E-state index in [-0.39, 0.29) is 0 Å². The Morgan fingerprint density at radius 1 is 1.50 bits per heavy atom. The van der Waals surface area contributed by atoms with Crippen molar-refractivity contribution in [2.24, 2.45) is 5.92 Å². The van der Waals surface area contributed by atoms with Crippen LogP contribution in [-0.4, -0.2) is 28.9 Å². The highest BCUT2D eigenvalue weighted by Gasteiger charge is 2.36. The van der Waals surface area contributed by atoms with Crippen molar-refractivity contribution in [1.82, 2.24) is 4.90 Å². The zero-order valence-corrected chi connectivity index (χ0v) is 10.5. The molecule has 0 bridgehead atoms. The van der Waals surface area contributed by atoms with E-state index in [0.29, 0.717) is 24.1 Å². The van der Waals surface area contributed by atoms with Gasteiger partial charge in [0, 0.05) is 13.0 Å². The maximum absolute atomic E-state index is 11.5. The molecule has 0 aromatic carbocycles. The fourth-order valence-electron chi connectivity index (χ4n) is 1.98. The van der Waals surface area contributed by atoms with Crippen LogP contribution in [0.25, 0.3) is 0 Å². The maximum atomic E-state index is 11.5. The molecule has 1 aromatic heterocycles. The van der Waals surface area contributed by atoms with Crippen LogP contribution >= 0.6 is 0 Å². The molecular weight excluding hydrogens is 234 g/mol. The average Bonchev–Trinajstić information content (AvgIpc) is 2.83. The first-order valence-corrected chi connectivity index (χ1v) is 6.01. The van der Waals surface area contributed by atoms with Crippen LogP contribution in [0.5, 0.6) is 0 Å². The van der Waals surface area contributed by atoms with E-state index in [1.54, 1.807) is 7.05 Å². The summed E-state index contributed by atoms with van der Waals surface area (Å²) >= 11 is 0. The summed E-state index contributed by atoms with van der Waals surface area (Å²) in [6.07, 6.45) is 0.671. The lowest BCUT2D eigenvalue weighted by molar-refractivity contribution is -0.144. The Morgan fingerprint density at radius 2 is 2.17 bits per heavy atom. The van der Waals surface area contributed by atoms with Crippen LogP contribution < -0.4 is 0 Å². The Morgan fingerprint density at radius 3 is 2.72 bits per heavy atom. The van der Waals surface area contributed by atoms with Crippen molar-refractivity contribution in [3.63, 3.8) is 0 Å². The number of carboxylic acid groups (broad SMARTS) is 1. The smallest absolute Gasteiger partial charge is 0.312 e. The molecule has 5 heteroatoms. The zero-order chi connectivity index (χ0) is 13.3. The Kier molecular flexibility index (Phi) is 3.41. The topological polar surface area (TPSA) is 70.8 Å². The second kappa shape index (κ2) is 4.84. The number of nitrogens with zero attached hydrogens (tertiary/aromatic N) is 1. The van der Waals surface area contributed by atoms with Crippen molar-refractivity contribution in [1.29, 1.82) is 0 Å². The molecule has 1 aliphatic carbocycles. The SMILES string of the molecule is CC1CC1c1ccc(CN(C)C(=O)CC(=O)O)o1. The molecule has 0 spiro atoms. The molecule has 1 saturated carbocycles. The zero-order valence-electron chi connectivity index (χ0n) is 10.5. The Hall–Kier alpha value is -1.78. The summed E-state index contributed by atoms with van der Waals surface area (Å²) in [7, 11) is 1.58. The number of carbonyl (C=O) groups is 2. The standard InChI is InChI=1S/C13H17NO4/c1-8-5-10(8)11-4-3-9(18-11)7-14(2)12(15)6-13(16)17/h3-4,8,10H,5-7H2,1-2H3,(H,16,17). The van der Waals surface area contributed by atoms with E-state index in [9.17, 15) is 9.59 Å². The van der Waals surface area contributed by atoms with E-state index in [0.717, 1.165) is 12.2 Å². The molecule has 2 rings (SSSR count). The molecule has 18 heavy (non-hydrogen) atoms.